The van der Waals surface area contributed by atoms with E-state index in [-0.39, 0.29) is 0 Å². The third-order valence-corrected chi connectivity index (χ3v) is 2.51. The van der Waals surface area contributed by atoms with Crippen molar-refractivity contribution in [2.24, 2.45) is 0 Å². The maximum atomic E-state index is 3.51. The van der Waals surface area contributed by atoms with Gasteiger partial charge in [-0.05, 0) is 24.0 Å². The molecular weight excluding hydrogens is 180 g/mol. The third kappa shape index (κ3) is 4.70. The normalized spacial score (nSPS) is 9.47. The molecule has 79 valence electrons. The van der Waals surface area contributed by atoms with Gasteiger partial charge in [0.25, 0.3) is 0 Å². The number of unbranched alkanes of at least 4 members (excludes halogenated alkanes) is 2. The van der Waals surface area contributed by atoms with Crippen LogP contribution in [-0.4, -0.2) is 0 Å². The molecule has 1 rings (SSSR count). The van der Waals surface area contributed by atoms with Gasteiger partial charge in [-0.2, -0.15) is 0 Å². The minimum Gasteiger partial charge on any atom is -0.102 e. The van der Waals surface area contributed by atoms with E-state index in [4.69, 9.17) is 0 Å². The van der Waals surface area contributed by atoms with E-state index in [1.165, 1.54) is 36.8 Å². The molecule has 0 atom stereocenters. The Morgan fingerprint density at radius 2 is 1.73 bits per heavy atom. The first-order chi connectivity index (χ1) is 7.36. The Hall–Kier alpha value is -1.22. The molecule has 0 heterocycles. The van der Waals surface area contributed by atoms with Crippen LogP contribution in [0.3, 0.4) is 0 Å². The molecule has 0 bridgehead atoms. The second-order valence-electron chi connectivity index (χ2n) is 3.80. The Bertz CT molecular complexity index is 321. The van der Waals surface area contributed by atoms with Crippen molar-refractivity contribution in [2.45, 2.75) is 39.0 Å². The lowest BCUT2D eigenvalue weighted by Gasteiger charge is -2.01. The Morgan fingerprint density at radius 3 is 2.33 bits per heavy atom. The van der Waals surface area contributed by atoms with Crippen molar-refractivity contribution in [2.75, 3.05) is 0 Å². The average Bonchev–Trinajstić information content (AvgIpc) is 2.28. The zero-order valence-electron chi connectivity index (χ0n) is 9.55. The molecule has 0 nitrogen and oxygen atoms in total. The van der Waals surface area contributed by atoms with Crippen molar-refractivity contribution < 1.29 is 0 Å². The smallest absolute Gasteiger partial charge is 0.0340 e. The van der Waals surface area contributed by atoms with Gasteiger partial charge >= 0.3 is 0 Å². The van der Waals surface area contributed by atoms with E-state index in [1.54, 1.807) is 0 Å². The van der Waals surface area contributed by atoms with Crippen LogP contribution in [0.4, 0.5) is 0 Å². The van der Waals surface area contributed by atoms with Crippen LogP contribution < -0.4 is 0 Å². The second-order valence-corrected chi connectivity index (χ2v) is 3.80. The Morgan fingerprint density at radius 1 is 1.07 bits per heavy atom. The summed E-state index contributed by atoms with van der Waals surface area (Å²) in [5.41, 5.74) is 2.72. The summed E-state index contributed by atoms with van der Waals surface area (Å²) in [6.45, 7) is 5.74. The number of aryl methyl sites for hydroxylation is 1. The fraction of sp³-hybridized carbons (Fsp3) is 0.400. The van der Waals surface area contributed by atoms with Gasteiger partial charge in [0.15, 0.2) is 0 Å². The highest BCUT2D eigenvalue weighted by atomic mass is 14.0. The average molecular weight is 199 g/mol. The number of benzene rings is 1. The lowest BCUT2D eigenvalue weighted by Crippen LogP contribution is -1.87. The predicted molar refractivity (Wildman–Crippen MR) is 66.5 cm³/mol. The van der Waals surface area contributed by atoms with Gasteiger partial charge in [0.1, 0.15) is 0 Å². The first-order valence-electron chi connectivity index (χ1n) is 5.69. The Balaban J connectivity index is 2.44. The third-order valence-electron chi connectivity index (χ3n) is 2.51. The summed E-state index contributed by atoms with van der Waals surface area (Å²) >= 11 is 0. The van der Waals surface area contributed by atoms with Gasteiger partial charge in [-0.15, -0.1) is 5.92 Å². The van der Waals surface area contributed by atoms with Gasteiger partial charge in [0.2, 0.25) is 0 Å². The van der Waals surface area contributed by atoms with Crippen molar-refractivity contribution >= 4 is 0 Å². The van der Waals surface area contributed by atoms with Crippen LogP contribution in [0.2, 0.25) is 0 Å². The monoisotopic (exact) mass is 199 g/mol. The van der Waals surface area contributed by atoms with E-state index in [0.29, 0.717) is 0 Å². The summed E-state index contributed by atoms with van der Waals surface area (Å²) in [6.07, 6.45) is 5.94. The quantitative estimate of drug-likeness (QED) is 0.500. The standard InChI is InChI=1S/C15H19/c1-3-5-7-9-15-12-10-14(11-13-15)8-6-4-2/h10-13H,2-3,5,7-9H2,1H3. The summed E-state index contributed by atoms with van der Waals surface area (Å²) in [6, 6.07) is 8.78. The molecular formula is C15H19. The molecule has 0 aliphatic heterocycles. The van der Waals surface area contributed by atoms with Gasteiger partial charge in [-0.25, -0.2) is 0 Å². The van der Waals surface area contributed by atoms with Crippen LogP contribution in [0.15, 0.2) is 24.3 Å². The first kappa shape index (κ1) is 11.9. The van der Waals surface area contributed by atoms with Gasteiger partial charge in [0.05, 0.1) is 0 Å². The van der Waals surface area contributed by atoms with E-state index in [9.17, 15) is 0 Å². The summed E-state index contributed by atoms with van der Waals surface area (Å²) in [5.74, 6) is 5.65. The lowest BCUT2D eigenvalue weighted by atomic mass is 10.0. The molecule has 0 saturated heterocycles. The van der Waals surface area contributed by atoms with Gasteiger partial charge in [-0.1, -0.05) is 50.0 Å². The van der Waals surface area contributed by atoms with Crippen molar-refractivity contribution in [3.05, 3.63) is 42.3 Å². The zero-order valence-corrected chi connectivity index (χ0v) is 9.55. The van der Waals surface area contributed by atoms with E-state index >= 15 is 0 Å². The van der Waals surface area contributed by atoms with Crippen LogP contribution in [-0.2, 0) is 12.8 Å². The summed E-state index contributed by atoms with van der Waals surface area (Å²) in [7, 11) is 0. The van der Waals surface area contributed by atoms with Crippen molar-refractivity contribution in [1.82, 2.24) is 0 Å². The second kappa shape index (κ2) is 7.12. The molecule has 0 aliphatic carbocycles. The molecule has 1 aromatic carbocycles. The van der Waals surface area contributed by atoms with Crippen LogP contribution >= 0.6 is 0 Å². The topological polar surface area (TPSA) is 0 Å². The number of hydrogen-bond donors (Lipinski definition) is 0. The molecule has 0 N–H and O–H groups in total. The minimum absolute atomic E-state index is 0.818. The summed E-state index contributed by atoms with van der Waals surface area (Å²) in [5, 5.41) is 0. The first-order valence-corrected chi connectivity index (χ1v) is 5.69. The van der Waals surface area contributed by atoms with Crippen LogP contribution in [0.5, 0.6) is 0 Å². The summed E-state index contributed by atoms with van der Waals surface area (Å²) < 4.78 is 0. The molecule has 15 heavy (non-hydrogen) atoms. The predicted octanol–water partition coefficient (Wildman–Crippen LogP) is 3.80. The lowest BCUT2D eigenvalue weighted by molar-refractivity contribution is 0.717. The molecule has 0 heteroatoms. The Labute approximate surface area is 93.7 Å². The highest BCUT2D eigenvalue weighted by Crippen LogP contribution is 2.09. The molecule has 0 spiro atoms. The minimum atomic E-state index is 0.818. The number of hydrogen-bond acceptors (Lipinski definition) is 0. The Kier molecular flexibility index (Phi) is 5.63. The van der Waals surface area contributed by atoms with E-state index in [0.717, 1.165) is 6.42 Å². The maximum Gasteiger partial charge on any atom is 0.0340 e. The SMILES string of the molecule is [CH2]C#CCc1ccc(CCCCC)cc1. The fourth-order valence-electron chi connectivity index (χ4n) is 1.57. The van der Waals surface area contributed by atoms with Gasteiger partial charge in [-0.3, -0.25) is 0 Å². The maximum absolute atomic E-state index is 3.51. The van der Waals surface area contributed by atoms with Crippen LogP contribution in [0, 0.1) is 18.8 Å². The largest absolute Gasteiger partial charge is 0.102 e. The molecule has 0 amide bonds. The van der Waals surface area contributed by atoms with E-state index < -0.39 is 0 Å². The highest BCUT2D eigenvalue weighted by molar-refractivity contribution is 5.26. The molecule has 0 aliphatic rings. The highest BCUT2D eigenvalue weighted by Gasteiger charge is 1.93. The molecule has 1 aromatic rings. The molecule has 0 unspecified atom stereocenters. The van der Waals surface area contributed by atoms with Crippen LogP contribution in [0.1, 0.15) is 37.3 Å². The summed E-state index contributed by atoms with van der Waals surface area (Å²) in [4.78, 5) is 0. The van der Waals surface area contributed by atoms with Gasteiger partial charge < -0.3 is 0 Å². The molecule has 0 fully saturated rings. The van der Waals surface area contributed by atoms with Crippen molar-refractivity contribution in [3.8, 4) is 11.8 Å². The van der Waals surface area contributed by atoms with Crippen molar-refractivity contribution in [3.63, 3.8) is 0 Å². The van der Waals surface area contributed by atoms with E-state index in [1.807, 2.05) is 0 Å². The zero-order chi connectivity index (χ0) is 10.9. The number of rotatable bonds is 5. The van der Waals surface area contributed by atoms with Crippen molar-refractivity contribution in [1.29, 1.82) is 0 Å². The molecule has 1 radical (unpaired) electrons. The van der Waals surface area contributed by atoms with E-state index in [2.05, 4.69) is 50.0 Å². The molecule has 0 aromatic heterocycles. The molecule has 0 saturated carbocycles. The fourth-order valence-corrected chi connectivity index (χ4v) is 1.57. The van der Waals surface area contributed by atoms with Gasteiger partial charge in [0, 0.05) is 13.3 Å². The van der Waals surface area contributed by atoms with Crippen LogP contribution in [0.25, 0.3) is 0 Å².